The second-order valence-electron chi connectivity index (χ2n) is 5.94. The van der Waals surface area contributed by atoms with E-state index in [9.17, 15) is 9.59 Å². The van der Waals surface area contributed by atoms with Crippen LogP contribution in [0.25, 0.3) is 0 Å². The summed E-state index contributed by atoms with van der Waals surface area (Å²) in [5.41, 5.74) is 2.70. The van der Waals surface area contributed by atoms with Gasteiger partial charge in [-0.2, -0.15) is 0 Å². The van der Waals surface area contributed by atoms with Crippen molar-refractivity contribution in [2.45, 2.75) is 32.1 Å². The average molecular weight is 302 g/mol. The van der Waals surface area contributed by atoms with Crippen LogP contribution in [0, 0.1) is 0 Å². The third-order valence-corrected chi connectivity index (χ3v) is 4.34. The summed E-state index contributed by atoms with van der Waals surface area (Å²) in [5.74, 6) is 0.457. The Kier molecular flexibility index (Phi) is 4.61. The van der Waals surface area contributed by atoms with E-state index in [-0.39, 0.29) is 25.0 Å². The van der Waals surface area contributed by atoms with E-state index in [1.807, 2.05) is 12.1 Å². The molecule has 1 aliphatic carbocycles. The highest BCUT2D eigenvalue weighted by molar-refractivity contribution is 5.85. The molecule has 1 heterocycles. The Balaban J connectivity index is 1.41. The third kappa shape index (κ3) is 3.59. The molecule has 1 saturated heterocycles. The predicted octanol–water partition coefficient (Wildman–Crippen LogP) is 1.29. The molecule has 0 aromatic heterocycles. The maximum Gasteiger partial charge on any atom is 0.258 e. The SMILES string of the molecule is O=C(COc1ccc2c(c1)CCC2)NCC(=O)N1CCCC1. The summed E-state index contributed by atoms with van der Waals surface area (Å²) in [6.45, 7) is 1.62. The Bertz CT molecular complexity index is 565. The van der Waals surface area contributed by atoms with Crippen LogP contribution in [-0.4, -0.2) is 43.0 Å². The molecule has 0 atom stereocenters. The van der Waals surface area contributed by atoms with Gasteiger partial charge in [-0.15, -0.1) is 0 Å². The van der Waals surface area contributed by atoms with Crippen LogP contribution in [0.2, 0.25) is 0 Å². The molecule has 2 aliphatic rings. The number of fused-ring (bicyclic) bond motifs is 1. The van der Waals surface area contributed by atoms with Crippen LogP contribution in [0.15, 0.2) is 18.2 Å². The Morgan fingerprint density at radius 1 is 1.09 bits per heavy atom. The number of nitrogens with zero attached hydrogens (tertiary/aromatic N) is 1. The Hall–Kier alpha value is -2.04. The number of hydrogen-bond acceptors (Lipinski definition) is 3. The van der Waals surface area contributed by atoms with Crippen molar-refractivity contribution in [3.8, 4) is 5.75 Å². The van der Waals surface area contributed by atoms with Gasteiger partial charge in [-0.05, 0) is 55.4 Å². The number of hydrogen-bond donors (Lipinski definition) is 1. The Morgan fingerprint density at radius 2 is 1.86 bits per heavy atom. The first-order valence-corrected chi connectivity index (χ1v) is 8.01. The lowest BCUT2D eigenvalue weighted by Crippen LogP contribution is -2.40. The quantitative estimate of drug-likeness (QED) is 0.892. The van der Waals surface area contributed by atoms with E-state index >= 15 is 0 Å². The van der Waals surface area contributed by atoms with Gasteiger partial charge < -0.3 is 15.0 Å². The smallest absolute Gasteiger partial charge is 0.258 e. The van der Waals surface area contributed by atoms with Crippen molar-refractivity contribution in [3.05, 3.63) is 29.3 Å². The number of carbonyl (C=O) groups excluding carboxylic acids is 2. The minimum atomic E-state index is -0.256. The van der Waals surface area contributed by atoms with Gasteiger partial charge in [-0.25, -0.2) is 0 Å². The summed E-state index contributed by atoms with van der Waals surface area (Å²) in [6.07, 6.45) is 5.53. The summed E-state index contributed by atoms with van der Waals surface area (Å²) in [6, 6.07) is 6.00. The van der Waals surface area contributed by atoms with Crippen molar-refractivity contribution in [1.29, 1.82) is 0 Å². The van der Waals surface area contributed by atoms with Crippen molar-refractivity contribution in [3.63, 3.8) is 0 Å². The van der Waals surface area contributed by atoms with Crippen molar-refractivity contribution in [1.82, 2.24) is 10.2 Å². The molecule has 22 heavy (non-hydrogen) atoms. The van der Waals surface area contributed by atoms with E-state index in [0.717, 1.165) is 44.5 Å². The highest BCUT2D eigenvalue weighted by Gasteiger charge is 2.18. The van der Waals surface area contributed by atoms with Crippen molar-refractivity contribution < 1.29 is 14.3 Å². The topological polar surface area (TPSA) is 58.6 Å². The van der Waals surface area contributed by atoms with E-state index in [4.69, 9.17) is 4.74 Å². The molecule has 1 aromatic rings. The van der Waals surface area contributed by atoms with Crippen LogP contribution >= 0.6 is 0 Å². The molecule has 1 aromatic carbocycles. The molecule has 2 amide bonds. The lowest BCUT2D eigenvalue weighted by molar-refractivity contribution is -0.132. The average Bonchev–Trinajstić information content (AvgIpc) is 3.20. The number of benzene rings is 1. The van der Waals surface area contributed by atoms with Crippen LogP contribution in [0.5, 0.6) is 5.75 Å². The number of nitrogens with one attached hydrogen (secondary N) is 1. The second-order valence-corrected chi connectivity index (χ2v) is 5.94. The van der Waals surface area contributed by atoms with E-state index < -0.39 is 0 Å². The normalized spacial score (nSPS) is 16.5. The van der Waals surface area contributed by atoms with Gasteiger partial charge in [0.15, 0.2) is 6.61 Å². The first-order valence-electron chi connectivity index (χ1n) is 8.01. The highest BCUT2D eigenvalue weighted by Crippen LogP contribution is 2.25. The molecule has 0 bridgehead atoms. The van der Waals surface area contributed by atoms with E-state index in [1.165, 1.54) is 17.5 Å². The molecule has 0 unspecified atom stereocenters. The van der Waals surface area contributed by atoms with Gasteiger partial charge in [0.25, 0.3) is 5.91 Å². The molecular weight excluding hydrogens is 280 g/mol. The van der Waals surface area contributed by atoms with Gasteiger partial charge in [0, 0.05) is 13.1 Å². The summed E-state index contributed by atoms with van der Waals surface area (Å²) in [4.78, 5) is 25.4. The first kappa shape index (κ1) is 14.9. The van der Waals surface area contributed by atoms with Crippen LogP contribution in [0.1, 0.15) is 30.4 Å². The fraction of sp³-hybridized carbons (Fsp3) is 0.529. The molecule has 3 rings (SSSR count). The zero-order valence-electron chi connectivity index (χ0n) is 12.8. The fourth-order valence-electron chi connectivity index (χ4n) is 3.09. The monoisotopic (exact) mass is 302 g/mol. The zero-order valence-corrected chi connectivity index (χ0v) is 12.8. The largest absolute Gasteiger partial charge is 0.484 e. The standard InChI is InChI=1S/C17H22N2O3/c20-16(18-11-17(21)19-8-1-2-9-19)12-22-15-7-6-13-4-3-5-14(13)10-15/h6-7,10H,1-5,8-9,11-12H2,(H,18,20). The number of aryl methyl sites for hydroxylation is 2. The fourth-order valence-corrected chi connectivity index (χ4v) is 3.09. The molecule has 1 aliphatic heterocycles. The Morgan fingerprint density at radius 3 is 2.68 bits per heavy atom. The zero-order chi connectivity index (χ0) is 15.4. The van der Waals surface area contributed by atoms with Crippen LogP contribution in [0.4, 0.5) is 0 Å². The number of rotatable bonds is 5. The van der Waals surface area contributed by atoms with Crippen LogP contribution in [0.3, 0.4) is 0 Å². The van der Waals surface area contributed by atoms with Gasteiger partial charge >= 0.3 is 0 Å². The molecule has 0 spiro atoms. The first-order chi connectivity index (χ1) is 10.7. The summed E-state index contributed by atoms with van der Waals surface area (Å²) < 4.78 is 5.51. The number of amides is 2. The van der Waals surface area contributed by atoms with Crippen LogP contribution < -0.4 is 10.1 Å². The lowest BCUT2D eigenvalue weighted by Gasteiger charge is -2.15. The van der Waals surface area contributed by atoms with Gasteiger partial charge in [-0.1, -0.05) is 6.07 Å². The second kappa shape index (κ2) is 6.81. The summed E-state index contributed by atoms with van der Waals surface area (Å²) in [7, 11) is 0. The number of carbonyl (C=O) groups is 2. The lowest BCUT2D eigenvalue weighted by atomic mass is 10.1. The van der Waals surface area contributed by atoms with E-state index in [0.29, 0.717) is 0 Å². The van der Waals surface area contributed by atoms with Crippen molar-refractivity contribution in [2.75, 3.05) is 26.2 Å². The Labute approximate surface area is 130 Å². The maximum absolute atomic E-state index is 11.8. The van der Waals surface area contributed by atoms with Gasteiger partial charge in [-0.3, -0.25) is 9.59 Å². The number of ether oxygens (including phenoxy) is 1. The molecular formula is C17H22N2O3. The van der Waals surface area contributed by atoms with Gasteiger partial charge in [0.1, 0.15) is 5.75 Å². The van der Waals surface area contributed by atoms with Crippen LogP contribution in [-0.2, 0) is 22.4 Å². The van der Waals surface area contributed by atoms with E-state index in [1.54, 1.807) is 4.90 Å². The molecule has 1 N–H and O–H groups in total. The molecule has 0 radical (unpaired) electrons. The third-order valence-electron chi connectivity index (χ3n) is 4.34. The molecule has 5 heteroatoms. The number of likely N-dealkylation sites (tertiary alicyclic amines) is 1. The maximum atomic E-state index is 11.8. The summed E-state index contributed by atoms with van der Waals surface area (Å²) >= 11 is 0. The van der Waals surface area contributed by atoms with E-state index in [2.05, 4.69) is 11.4 Å². The molecule has 118 valence electrons. The molecule has 0 saturated carbocycles. The van der Waals surface area contributed by atoms with Crippen molar-refractivity contribution >= 4 is 11.8 Å². The highest BCUT2D eigenvalue weighted by atomic mass is 16.5. The van der Waals surface area contributed by atoms with Gasteiger partial charge in [0.2, 0.25) is 5.91 Å². The predicted molar refractivity (Wildman–Crippen MR) is 82.8 cm³/mol. The molecule has 5 nitrogen and oxygen atoms in total. The van der Waals surface area contributed by atoms with Crippen molar-refractivity contribution in [2.24, 2.45) is 0 Å². The van der Waals surface area contributed by atoms with Gasteiger partial charge in [0.05, 0.1) is 6.54 Å². The summed E-state index contributed by atoms with van der Waals surface area (Å²) in [5, 5.41) is 2.63. The molecule has 1 fully saturated rings. The minimum Gasteiger partial charge on any atom is -0.484 e. The minimum absolute atomic E-state index is 0.0108.